The highest BCUT2D eigenvalue weighted by atomic mass is 79.9. The van der Waals surface area contributed by atoms with Crippen molar-refractivity contribution in [2.75, 3.05) is 13.2 Å². The lowest BCUT2D eigenvalue weighted by Gasteiger charge is -2.28. The second-order valence-corrected chi connectivity index (χ2v) is 4.79. The highest BCUT2D eigenvalue weighted by molar-refractivity contribution is 9.10. The Morgan fingerprint density at radius 1 is 1.20 bits per heavy atom. The molecule has 0 atom stereocenters. The predicted molar refractivity (Wildman–Crippen MR) is 64.7 cm³/mol. The maximum absolute atomic E-state index is 9.35. The van der Waals surface area contributed by atoms with Crippen molar-refractivity contribution in [1.82, 2.24) is 0 Å². The molecule has 1 aromatic carbocycles. The third kappa shape index (κ3) is 3.03. The minimum absolute atomic E-state index is 0.0152. The highest BCUT2D eigenvalue weighted by Gasteiger charge is 2.27. The Labute approximate surface area is 99.1 Å². The van der Waals surface area contributed by atoms with E-state index in [0.717, 1.165) is 16.5 Å². The van der Waals surface area contributed by atoms with Crippen LogP contribution >= 0.6 is 15.9 Å². The first-order valence-corrected chi connectivity index (χ1v) is 5.92. The fourth-order valence-corrected chi connectivity index (χ4v) is 1.98. The van der Waals surface area contributed by atoms with E-state index in [1.807, 2.05) is 31.2 Å². The van der Waals surface area contributed by atoms with Crippen molar-refractivity contribution in [3.63, 3.8) is 0 Å². The van der Waals surface area contributed by atoms with Crippen LogP contribution in [0.15, 0.2) is 28.7 Å². The highest BCUT2D eigenvalue weighted by Crippen LogP contribution is 2.29. The van der Waals surface area contributed by atoms with Crippen LogP contribution in [0.2, 0.25) is 0 Å². The molecule has 0 saturated carbocycles. The molecule has 0 bridgehead atoms. The number of hydrogen-bond acceptors (Lipinski definition) is 2. The van der Waals surface area contributed by atoms with E-state index in [9.17, 15) is 10.2 Å². The van der Waals surface area contributed by atoms with Crippen molar-refractivity contribution in [3.05, 3.63) is 34.3 Å². The van der Waals surface area contributed by atoms with Gasteiger partial charge in [0.25, 0.3) is 0 Å². The minimum Gasteiger partial charge on any atom is -0.396 e. The molecule has 0 radical (unpaired) electrons. The molecule has 0 aliphatic rings. The van der Waals surface area contributed by atoms with Crippen molar-refractivity contribution in [2.45, 2.75) is 19.8 Å². The summed E-state index contributed by atoms with van der Waals surface area (Å²) < 4.78 is 1.03. The third-order valence-electron chi connectivity index (χ3n) is 2.94. The van der Waals surface area contributed by atoms with Gasteiger partial charge in [-0.3, -0.25) is 0 Å². The van der Waals surface area contributed by atoms with Crippen LogP contribution in [-0.2, 0) is 6.42 Å². The fourth-order valence-electron chi connectivity index (χ4n) is 1.56. The van der Waals surface area contributed by atoms with Crippen molar-refractivity contribution in [3.8, 4) is 0 Å². The van der Waals surface area contributed by atoms with Gasteiger partial charge in [-0.05, 0) is 24.5 Å². The van der Waals surface area contributed by atoms with Gasteiger partial charge in [0, 0.05) is 9.89 Å². The van der Waals surface area contributed by atoms with Gasteiger partial charge in [0.2, 0.25) is 0 Å². The number of aliphatic hydroxyl groups is 2. The van der Waals surface area contributed by atoms with Crippen LogP contribution in [0.25, 0.3) is 0 Å². The summed E-state index contributed by atoms with van der Waals surface area (Å²) >= 11 is 3.47. The van der Waals surface area contributed by atoms with Crippen LogP contribution in [0.5, 0.6) is 0 Å². The van der Waals surface area contributed by atoms with Gasteiger partial charge in [-0.25, -0.2) is 0 Å². The van der Waals surface area contributed by atoms with Crippen LogP contribution in [0.4, 0.5) is 0 Å². The van der Waals surface area contributed by atoms with E-state index in [1.54, 1.807) is 0 Å². The molecule has 1 rings (SSSR count). The normalized spacial score (nSPS) is 11.7. The molecule has 2 nitrogen and oxygen atoms in total. The summed E-state index contributed by atoms with van der Waals surface area (Å²) in [4.78, 5) is 0. The summed E-state index contributed by atoms with van der Waals surface area (Å²) in [5.74, 6) is 0. The SMILES string of the molecule is CCC(CO)(CO)Cc1ccccc1Br. The van der Waals surface area contributed by atoms with E-state index in [0.29, 0.717) is 6.42 Å². The van der Waals surface area contributed by atoms with Gasteiger partial charge >= 0.3 is 0 Å². The first-order valence-electron chi connectivity index (χ1n) is 5.12. The smallest absolute Gasteiger partial charge is 0.0512 e. The van der Waals surface area contributed by atoms with E-state index in [4.69, 9.17) is 0 Å². The Morgan fingerprint density at radius 2 is 1.80 bits per heavy atom. The zero-order valence-electron chi connectivity index (χ0n) is 8.91. The van der Waals surface area contributed by atoms with E-state index < -0.39 is 5.41 Å². The summed E-state index contributed by atoms with van der Waals surface area (Å²) in [6, 6.07) is 7.92. The Bertz CT molecular complexity index is 300. The van der Waals surface area contributed by atoms with E-state index in [-0.39, 0.29) is 13.2 Å². The van der Waals surface area contributed by atoms with Gasteiger partial charge in [-0.15, -0.1) is 0 Å². The van der Waals surface area contributed by atoms with Gasteiger partial charge in [-0.2, -0.15) is 0 Å². The summed E-state index contributed by atoms with van der Waals surface area (Å²) in [6.07, 6.45) is 1.46. The lowest BCUT2D eigenvalue weighted by atomic mass is 9.81. The largest absolute Gasteiger partial charge is 0.396 e. The first kappa shape index (κ1) is 12.7. The third-order valence-corrected chi connectivity index (χ3v) is 3.72. The fraction of sp³-hybridized carbons (Fsp3) is 0.500. The van der Waals surface area contributed by atoms with Gasteiger partial charge in [0.1, 0.15) is 0 Å². The van der Waals surface area contributed by atoms with Gasteiger partial charge in [0.15, 0.2) is 0 Å². The molecule has 84 valence electrons. The van der Waals surface area contributed by atoms with Crippen LogP contribution in [0.3, 0.4) is 0 Å². The predicted octanol–water partition coefficient (Wildman–Crippen LogP) is 2.37. The number of halogens is 1. The molecule has 3 heteroatoms. The molecular formula is C12H17BrO2. The molecule has 0 unspecified atom stereocenters. The molecular weight excluding hydrogens is 256 g/mol. The molecule has 0 aromatic heterocycles. The number of benzene rings is 1. The summed E-state index contributed by atoms with van der Waals surface area (Å²) in [5, 5.41) is 18.7. The molecule has 0 aliphatic carbocycles. The molecule has 0 heterocycles. The molecule has 15 heavy (non-hydrogen) atoms. The second-order valence-electron chi connectivity index (χ2n) is 3.94. The van der Waals surface area contributed by atoms with Crippen molar-refractivity contribution < 1.29 is 10.2 Å². The van der Waals surface area contributed by atoms with Gasteiger partial charge in [0.05, 0.1) is 13.2 Å². The van der Waals surface area contributed by atoms with E-state index in [2.05, 4.69) is 15.9 Å². The second kappa shape index (κ2) is 5.64. The van der Waals surface area contributed by atoms with Crippen LogP contribution in [-0.4, -0.2) is 23.4 Å². The van der Waals surface area contributed by atoms with Crippen molar-refractivity contribution in [2.24, 2.45) is 5.41 Å². The number of rotatable bonds is 5. The zero-order valence-corrected chi connectivity index (χ0v) is 10.5. The van der Waals surface area contributed by atoms with Crippen LogP contribution < -0.4 is 0 Å². The Balaban J connectivity index is 2.88. The average molecular weight is 273 g/mol. The standard InChI is InChI=1S/C12H17BrO2/c1-2-12(8-14,9-15)7-10-5-3-4-6-11(10)13/h3-6,14-15H,2,7-9H2,1H3. The summed E-state index contributed by atoms with van der Waals surface area (Å²) in [5.41, 5.74) is 0.728. The Kier molecular flexibility index (Phi) is 4.77. The number of hydrogen-bond donors (Lipinski definition) is 2. The molecule has 0 spiro atoms. The molecule has 2 N–H and O–H groups in total. The van der Waals surface area contributed by atoms with Gasteiger partial charge in [-0.1, -0.05) is 41.1 Å². The van der Waals surface area contributed by atoms with Crippen LogP contribution in [0.1, 0.15) is 18.9 Å². The molecule has 1 aromatic rings. The summed E-state index contributed by atoms with van der Waals surface area (Å²) in [6.45, 7) is 2.02. The maximum Gasteiger partial charge on any atom is 0.0512 e. The lowest BCUT2D eigenvalue weighted by Crippen LogP contribution is -2.31. The van der Waals surface area contributed by atoms with Gasteiger partial charge < -0.3 is 10.2 Å². The quantitative estimate of drug-likeness (QED) is 0.864. The monoisotopic (exact) mass is 272 g/mol. The molecule has 0 fully saturated rings. The lowest BCUT2D eigenvalue weighted by molar-refractivity contribution is 0.0513. The molecule has 0 aliphatic heterocycles. The average Bonchev–Trinajstić information content (AvgIpc) is 2.29. The van der Waals surface area contributed by atoms with E-state index in [1.165, 1.54) is 0 Å². The van der Waals surface area contributed by atoms with E-state index >= 15 is 0 Å². The summed E-state index contributed by atoms with van der Waals surface area (Å²) in [7, 11) is 0. The molecule has 0 amide bonds. The number of aliphatic hydroxyl groups excluding tert-OH is 2. The van der Waals surface area contributed by atoms with Crippen LogP contribution in [0, 0.1) is 5.41 Å². The Morgan fingerprint density at radius 3 is 2.27 bits per heavy atom. The van der Waals surface area contributed by atoms with Crippen molar-refractivity contribution >= 4 is 15.9 Å². The first-order chi connectivity index (χ1) is 7.17. The maximum atomic E-state index is 9.35. The Hall–Kier alpha value is -0.380. The topological polar surface area (TPSA) is 40.5 Å². The molecule has 0 saturated heterocycles. The zero-order chi connectivity index (χ0) is 11.3. The van der Waals surface area contributed by atoms with Crippen molar-refractivity contribution in [1.29, 1.82) is 0 Å². The minimum atomic E-state index is -0.399.